The van der Waals surface area contributed by atoms with E-state index in [9.17, 15) is 4.79 Å². The molecule has 1 aromatic carbocycles. The first-order valence-electron chi connectivity index (χ1n) is 5.21. The van der Waals surface area contributed by atoms with Gasteiger partial charge in [-0.05, 0) is 24.8 Å². The lowest BCUT2D eigenvalue weighted by molar-refractivity contribution is -0.141. The van der Waals surface area contributed by atoms with Gasteiger partial charge in [-0.15, -0.1) is 0 Å². The topological polar surface area (TPSA) is 63.3 Å². The lowest BCUT2D eigenvalue weighted by Crippen LogP contribution is -2.23. The molecule has 0 saturated carbocycles. The molecule has 1 atom stereocenters. The fourth-order valence-corrected chi connectivity index (χ4v) is 1.54. The molecule has 0 bridgehead atoms. The summed E-state index contributed by atoms with van der Waals surface area (Å²) in [6, 6.07) is 10.1. The Morgan fingerprint density at radius 1 is 1.33 bits per heavy atom. The molecule has 1 unspecified atom stereocenters. The fraction of sp³-hybridized carbons (Fsp3) is 0.417. The highest BCUT2D eigenvalue weighted by Crippen LogP contribution is 2.10. The van der Waals surface area contributed by atoms with Crippen LogP contribution in [0.4, 0.5) is 0 Å². The molecule has 15 heavy (non-hydrogen) atoms. The van der Waals surface area contributed by atoms with Crippen LogP contribution in [-0.2, 0) is 11.2 Å². The molecule has 0 saturated heterocycles. The minimum Gasteiger partial charge on any atom is -0.481 e. The van der Waals surface area contributed by atoms with Gasteiger partial charge in [-0.2, -0.15) is 0 Å². The van der Waals surface area contributed by atoms with Crippen LogP contribution in [0.3, 0.4) is 0 Å². The quantitative estimate of drug-likeness (QED) is 0.745. The van der Waals surface area contributed by atoms with Gasteiger partial charge in [-0.1, -0.05) is 30.3 Å². The molecule has 0 heterocycles. The third-order valence-electron chi connectivity index (χ3n) is 2.49. The second kappa shape index (κ2) is 6.19. The standard InChI is InChI=1S/C12H17NO2/c13-9-11(12(14)15)8-4-7-10-5-2-1-3-6-10/h1-3,5-6,11H,4,7-9,13H2,(H,14,15). The van der Waals surface area contributed by atoms with Gasteiger partial charge in [0, 0.05) is 6.54 Å². The molecule has 0 amide bonds. The van der Waals surface area contributed by atoms with E-state index in [-0.39, 0.29) is 6.54 Å². The Labute approximate surface area is 89.9 Å². The van der Waals surface area contributed by atoms with Gasteiger partial charge in [-0.25, -0.2) is 0 Å². The predicted octanol–water partition coefficient (Wildman–Crippen LogP) is 1.67. The van der Waals surface area contributed by atoms with E-state index in [1.54, 1.807) is 0 Å². The smallest absolute Gasteiger partial charge is 0.307 e. The number of carbonyl (C=O) groups is 1. The monoisotopic (exact) mass is 207 g/mol. The molecular weight excluding hydrogens is 190 g/mol. The van der Waals surface area contributed by atoms with E-state index >= 15 is 0 Å². The summed E-state index contributed by atoms with van der Waals surface area (Å²) in [7, 11) is 0. The summed E-state index contributed by atoms with van der Waals surface area (Å²) in [5, 5.41) is 8.79. The third kappa shape index (κ3) is 4.13. The first-order chi connectivity index (χ1) is 7.24. The van der Waals surface area contributed by atoms with Crippen molar-refractivity contribution >= 4 is 5.97 Å². The van der Waals surface area contributed by atoms with Crippen LogP contribution in [0.2, 0.25) is 0 Å². The van der Waals surface area contributed by atoms with Crippen molar-refractivity contribution in [3.63, 3.8) is 0 Å². The molecule has 0 aromatic heterocycles. The van der Waals surface area contributed by atoms with Crippen molar-refractivity contribution in [3.05, 3.63) is 35.9 Å². The Kier molecular flexibility index (Phi) is 4.84. The van der Waals surface area contributed by atoms with Crippen molar-refractivity contribution in [2.24, 2.45) is 11.7 Å². The molecule has 0 aliphatic carbocycles. The summed E-state index contributed by atoms with van der Waals surface area (Å²) < 4.78 is 0. The van der Waals surface area contributed by atoms with Crippen molar-refractivity contribution in [2.45, 2.75) is 19.3 Å². The molecule has 0 aliphatic rings. The second-order valence-corrected chi connectivity index (χ2v) is 3.65. The summed E-state index contributed by atoms with van der Waals surface area (Å²) in [5.74, 6) is -1.18. The summed E-state index contributed by atoms with van der Waals surface area (Å²) in [6.07, 6.45) is 2.45. The summed E-state index contributed by atoms with van der Waals surface area (Å²) in [4.78, 5) is 10.7. The molecule has 3 N–H and O–H groups in total. The number of hydrogen-bond acceptors (Lipinski definition) is 2. The number of rotatable bonds is 6. The molecule has 0 radical (unpaired) electrons. The van der Waals surface area contributed by atoms with Crippen molar-refractivity contribution in [2.75, 3.05) is 6.54 Å². The number of carboxylic acids is 1. The number of aryl methyl sites for hydroxylation is 1. The average Bonchev–Trinajstić information content (AvgIpc) is 2.25. The van der Waals surface area contributed by atoms with Crippen LogP contribution in [0.5, 0.6) is 0 Å². The molecule has 3 heteroatoms. The highest BCUT2D eigenvalue weighted by atomic mass is 16.4. The van der Waals surface area contributed by atoms with Crippen LogP contribution in [0.25, 0.3) is 0 Å². The van der Waals surface area contributed by atoms with Gasteiger partial charge < -0.3 is 10.8 Å². The maximum absolute atomic E-state index is 10.7. The highest BCUT2D eigenvalue weighted by Gasteiger charge is 2.14. The molecule has 3 nitrogen and oxygen atoms in total. The zero-order valence-electron chi connectivity index (χ0n) is 8.73. The lowest BCUT2D eigenvalue weighted by atomic mass is 10.00. The van der Waals surface area contributed by atoms with Crippen LogP contribution in [0.15, 0.2) is 30.3 Å². The second-order valence-electron chi connectivity index (χ2n) is 3.65. The van der Waals surface area contributed by atoms with Gasteiger partial charge in [0.15, 0.2) is 0 Å². The number of benzene rings is 1. The number of nitrogens with two attached hydrogens (primary N) is 1. The van der Waals surface area contributed by atoms with E-state index in [0.29, 0.717) is 6.42 Å². The SMILES string of the molecule is NCC(CCCc1ccccc1)C(=O)O. The fourth-order valence-electron chi connectivity index (χ4n) is 1.54. The molecular formula is C12H17NO2. The highest BCUT2D eigenvalue weighted by molar-refractivity contribution is 5.70. The van der Waals surface area contributed by atoms with Crippen molar-refractivity contribution in [1.29, 1.82) is 0 Å². The Bertz CT molecular complexity index is 298. The Balaban J connectivity index is 2.30. The van der Waals surface area contributed by atoms with Crippen LogP contribution in [-0.4, -0.2) is 17.6 Å². The van der Waals surface area contributed by atoms with Gasteiger partial charge in [0.1, 0.15) is 0 Å². The molecule has 0 fully saturated rings. The van der Waals surface area contributed by atoms with Gasteiger partial charge in [0.25, 0.3) is 0 Å². The van der Waals surface area contributed by atoms with Crippen LogP contribution in [0, 0.1) is 5.92 Å². The number of aliphatic carboxylic acids is 1. The minimum atomic E-state index is -0.787. The van der Waals surface area contributed by atoms with E-state index in [1.807, 2.05) is 18.2 Å². The average molecular weight is 207 g/mol. The largest absolute Gasteiger partial charge is 0.481 e. The van der Waals surface area contributed by atoms with Crippen LogP contribution >= 0.6 is 0 Å². The summed E-state index contributed by atoms with van der Waals surface area (Å²) >= 11 is 0. The van der Waals surface area contributed by atoms with Crippen LogP contribution in [0.1, 0.15) is 18.4 Å². The third-order valence-corrected chi connectivity index (χ3v) is 2.49. The van der Waals surface area contributed by atoms with Gasteiger partial charge >= 0.3 is 5.97 Å². The summed E-state index contributed by atoms with van der Waals surface area (Å²) in [6.45, 7) is 0.226. The minimum absolute atomic E-state index is 0.226. The van der Waals surface area contributed by atoms with Gasteiger partial charge in [-0.3, -0.25) is 4.79 Å². The molecule has 82 valence electrons. The van der Waals surface area contributed by atoms with Crippen LogP contribution < -0.4 is 5.73 Å². The zero-order valence-corrected chi connectivity index (χ0v) is 8.73. The first-order valence-corrected chi connectivity index (χ1v) is 5.21. The van der Waals surface area contributed by atoms with Gasteiger partial charge in [0.2, 0.25) is 0 Å². The maximum Gasteiger partial charge on any atom is 0.307 e. The molecule has 0 spiro atoms. The lowest BCUT2D eigenvalue weighted by Gasteiger charge is -2.08. The number of carboxylic acid groups (broad SMARTS) is 1. The molecule has 1 rings (SSSR count). The molecule has 1 aromatic rings. The van der Waals surface area contributed by atoms with E-state index in [0.717, 1.165) is 12.8 Å². The van der Waals surface area contributed by atoms with E-state index in [2.05, 4.69) is 12.1 Å². The van der Waals surface area contributed by atoms with Crippen molar-refractivity contribution in [3.8, 4) is 0 Å². The Morgan fingerprint density at radius 2 is 2.00 bits per heavy atom. The maximum atomic E-state index is 10.7. The normalized spacial score (nSPS) is 12.3. The van der Waals surface area contributed by atoms with E-state index < -0.39 is 11.9 Å². The Morgan fingerprint density at radius 3 is 2.53 bits per heavy atom. The predicted molar refractivity (Wildman–Crippen MR) is 59.6 cm³/mol. The zero-order chi connectivity index (χ0) is 11.1. The van der Waals surface area contributed by atoms with Crippen molar-refractivity contribution in [1.82, 2.24) is 0 Å². The number of hydrogen-bond donors (Lipinski definition) is 2. The molecule has 0 aliphatic heterocycles. The van der Waals surface area contributed by atoms with Gasteiger partial charge in [0.05, 0.1) is 5.92 Å². The first kappa shape index (κ1) is 11.7. The van der Waals surface area contributed by atoms with E-state index in [1.165, 1.54) is 5.56 Å². The Hall–Kier alpha value is -1.35. The van der Waals surface area contributed by atoms with Crippen molar-refractivity contribution < 1.29 is 9.90 Å². The van der Waals surface area contributed by atoms with E-state index in [4.69, 9.17) is 10.8 Å². The summed E-state index contributed by atoms with van der Waals surface area (Å²) in [5.41, 5.74) is 6.62.